The van der Waals surface area contributed by atoms with E-state index in [-0.39, 0.29) is 12.3 Å². The van der Waals surface area contributed by atoms with Gasteiger partial charge in [0.05, 0.1) is 6.42 Å². The minimum absolute atomic E-state index is 0.0319. The Morgan fingerprint density at radius 2 is 1.76 bits per heavy atom. The summed E-state index contributed by atoms with van der Waals surface area (Å²) < 4.78 is 1.08. The van der Waals surface area contributed by atoms with Crippen molar-refractivity contribution < 1.29 is 14.4 Å². The molecule has 134 valence electrons. The summed E-state index contributed by atoms with van der Waals surface area (Å²) in [4.78, 5) is 37.3. The molecule has 2 rings (SSSR count). The van der Waals surface area contributed by atoms with Crippen molar-refractivity contribution in [2.75, 3.05) is 18.4 Å². The molecule has 0 radical (unpaired) electrons. The molecule has 2 N–H and O–H groups in total. The Labute approximate surface area is 160 Å². The van der Waals surface area contributed by atoms with Crippen LogP contribution in [0, 0.1) is 3.57 Å². The maximum absolute atomic E-state index is 12.0. The molecule has 1 aromatic rings. The molecule has 0 aromatic heterocycles. The average molecular weight is 456 g/mol. The van der Waals surface area contributed by atoms with Gasteiger partial charge in [0.15, 0.2) is 0 Å². The molecule has 7 nitrogen and oxygen atoms in total. The van der Waals surface area contributed by atoms with Gasteiger partial charge >= 0.3 is 11.8 Å². The number of nitrogens with one attached hydrogen (secondary N) is 2. The van der Waals surface area contributed by atoms with E-state index in [1.807, 2.05) is 24.3 Å². The van der Waals surface area contributed by atoms with Crippen LogP contribution >= 0.6 is 22.6 Å². The smallest absolute Gasteiger partial charge is 0.329 e. The highest BCUT2D eigenvalue weighted by Crippen LogP contribution is 2.11. The minimum atomic E-state index is -0.765. The van der Waals surface area contributed by atoms with E-state index in [1.54, 1.807) is 6.92 Å². The first-order chi connectivity index (χ1) is 12.0. The molecular formula is C17H21IN4O3. The van der Waals surface area contributed by atoms with Crippen LogP contribution < -0.4 is 10.7 Å². The lowest BCUT2D eigenvalue weighted by Crippen LogP contribution is -2.44. The number of piperidine rings is 1. The Balaban J connectivity index is 1.79. The lowest BCUT2D eigenvalue weighted by atomic mass is 10.1. The maximum atomic E-state index is 12.0. The third-order valence-corrected chi connectivity index (χ3v) is 4.45. The highest BCUT2D eigenvalue weighted by molar-refractivity contribution is 14.1. The second kappa shape index (κ2) is 9.50. The van der Waals surface area contributed by atoms with E-state index in [0.717, 1.165) is 22.8 Å². The Morgan fingerprint density at radius 3 is 2.40 bits per heavy atom. The molecule has 1 saturated heterocycles. The summed E-state index contributed by atoms with van der Waals surface area (Å²) in [6, 6.07) is 7.41. The normalized spacial score (nSPS) is 14.8. The molecule has 3 amide bonds. The van der Waals surface area contributed by atoms with E-state index in [1.165, 1.54) is 4.90 Å². The number of carbonyl (C=O) groups is 3. The van der Waals surface area contributed by atoms with Crippen molar-refractivity contribution in [2.24, 2.45) is 5.10 Å². The summed E-state index contributed by atoms with van der Waals surface area (Å²) in [5.41, 5.74) is 3.35. The van der Waals surface area contributed by atoms with Gasteiger partial charge in [-0.3, -0.25) is 14.4 Å². The second-order valence-electron chi connectivity index (χ2n) is 5.87. The van der Waals surface area contributed by atoms with E-state index in [2.05, 4.69) is 38.4 Å². The van der Waals surface area contributed by atoms with E-state index < -0.39 is 11.8 Å². The number of halogens is 1. The van der Waals surface area contributed by atoms with Crippen molar-refractivity contribution in [3.8, 4) is 0 Å². The molecule has 1 fully saturated rings. The Kier molecular flexibility index (Phi) is 7.35. The zero-order valence-corrected chi connectivity index (χ0v) is 16.2. The topological polar surface area (TPSA) is 90.9 Å². The molecule has 0 atom stereocenters. The monoisotopic (exact) mass is 456 g/mol. The molecule has 0 unspecified atom stereocenters. The molecule has 1 heterocycles. The maximum Gasteiger partial charge on any atom is 0.329 e. The fourth-order valence-electron chi connectivity index (χ4n) is 2.44. The molecule has 0 bridgehead atoms. The molecule has 1 aromatic carbocycles. The van der Waals surface area contributed by atoms with Gasteiger partial charge in [-0.15, -0.1) is 0 Å². The van der Waals surface area contributed by atoms with Gasteiger partial charge in [-0.25, -0.2) is 5.43 Å². The van der Waals surface area contributed by atoms with Crippen molar-refractivity contribution in [3.05, 3.63) is 27.8 Å². The molecule has 0 spiro atoms. The molecule has 1 aliphatic rings. The van der Waals surface area contributed by atoms with E-state index in [9.17, 15) is 14.4 Å². The summed E-state index contributed by atoms with van der Waals surface area (Å²) in [7, 11) is 0. The number of benzene rings is 1. The third-order valence-electron chi connectivity index (χ3n) is 3.73. The van der Waals surface area contributed by atoms with Gasteiger partial charge in [0.1, 0.15) is 0 Å². The van der Waals surface area contributed by atoms with Crippen molar-refractivity contribution in [1.29, 1.82) is 0 Å². The van der Waals surface area contributed by atoms with Crippen LogP contribution in [-0.4, -0.2) is 41.4 Å². The van der Waals surface area contributed by atoms with Gasteiger partial charge in [0.2, 0.25) is 5.91 Å². The fourth-order valence-corrected chi connectivity index (χ4v) is 2.80. The molecular weight excluding hydrogens is 435 g/mol. The Hall–Kier alpha value is -1.97. The number of nitrogens with zero attached hydrogens (tertiary/aromatic N) is 2. The zero-order chi connectivity index (χ0) is 18.2. The van der Waals surface area contributed by atoms with Gasteiger partial charge in [0.25, 0.3) is 0 Å². The lowest BCUT2D eigenvalue weighted by molar-refractivity contribution is -0.146. The summed E-state index contributed by atoms with van der Waals surface area (Å²) in [5, 5.41) is 6.59. The van der Waals surface area contributed by atoms with Crippen molar-refractivity contribution in [1.82, 2.24) is 10.3 Å². The number of hydrogen-bond acceptors (Lipinski definition) is 4. The van der Waals surface area contributed by atoms with Crippen molar-refractivity contribution in [3.63, 3.8) is 0 Å². The zero-order valence-electron chi connectivity index (χ0n) is 14.0. The van der Waals surface area contributed by atoms with Crippen molar-refractivity contribution >= 4 is 51.7 Å². The predicted octanol–water partition coefficient (Wildman–Crippen LogP) is 2.12. The molecule has 8 heteroatoms. The van der Waals surface area contributed by atoms with E-state index >= 15 is 0 Å². The van der Waals surface area contributed by atoms with Gasteiger partial charge < -0.3 is 10.2 Å². The summed E-state index contributed by atoms with van der Waals surface area (Å²) in [6.07, 6.45) is 2.95. The Bertz CT molecular complexity index is 667. The third kappa shape index (κ3) is 6.45. The number of amides is 3. The molecule has 0 aliphatic carbocycles. The Morgan fingerprint density at radius 1 is 1.12 bits per heavy atom. The predicted molar refractivity (Wildman–Crippen MR) is 104 cm³/mol. The van der Waals surface area contributed by atoms with Crippen LogP contribution in [0.4, 0.5) is 5.69 Å². The number of anilines is 1. The second-order valence-corrected chi connectivity index (χ2v) is 7.12. The van der Waals surface area contributed by atoms with Gasteiger partial charge in [-0.05, 0) is 73.0 Å². The highest BCUT2D eigenvalue weighted by Gasteiger charge is 2.23. The lowest BCUT2D eigenvalue weighted by Gasteiger charge is -2.25. The molecule has 0 saturated carbocycles. The number of hydrazone groups is 1. The van der Waals surface area contributed by atoms with E-state index in [4.69, 9.17) is 0 Å². The first-order valence-corrected chi connectivity index (χ1v) is 9.21. The van der Waals surface area contributed by atoms with Crippen LogP contribution in [0.1, 0.15) is 32.6 Å². The average Bonchev–Trinajstić information content (AvgIpc) is 2.61. The minimum Gasteiger partial charge on any atom is -0.334 e. The standard InChI is InChI=1S/C17H21IN4O3/c1-12(11-15(23)19-14-7-5-13(18)6-8-14)20-21-16(24)17(25)22-9-3-2-4-10-22/h5-8H,2-4,9-11H2,1H3,(H,19,23)(H,21,24)/b20-12-. The number of likely N-dealkylation sites (tertiary alicyclic amines) is 1. The first-order valence-electron chi connectivity index (χ1n) is 8.13. The van der Waals surface area contributed by atoms with Crippen molar-refractivity contribution in [2.45, 2.75) is 32.6 Å². The fraction of sp³-hybridized carbons (Fsp3) is 0.412. The van der Waals surface area contributed by atoms with Crippen LogP contribution in [0.2, 0.25) is 0 Å². The summed E-state index contributed by atoms with van der Waals surface area (Å²) >= 11 is 2.19. The first kappa shape index (κ1) is 19.4. The van der Waals surface area contributed by atoms with Gasteiger partial charge in [-0.2, -0.15) is 5.10 Å². The van der Waals surface area contributed by atoms with Crippen LogP contribution in [0.3, 0.4) is 0 Å². The van der Waals surface area contributed by atoms with Gasteiger partial charge in [-0.1, -0.05) is 0 Å². The quantitative estimate of drug-likeness (QED) is 0.315. The number of hydrogen-bond donors (Lipinski definition) is 2. The largest absolute Gasteiger partial charge is 0.334 e. The summed E-state index contributed by atoms with van der Waals surface area (Å²) in [6.45, 7) is 2.83. The molecule has 25 heavy (non-hydrogen) atoms. The van der Waals surface area contributed by atoms with Gasteiger partial charge in [0, 0.05) is 28.1 Å². The SMILES string of the molecule is C/C(CC(=O)Nc1ccc(I)cc1)=N/NC(=O)C(=O)N1CCCCC1. The molecule has 1 aliphatic heterocycles. The van der Waals surface area contributed by atoms with E-state index in [0.29, 0.717) is 24.5 Å². The summed E-state index contributed by atoms with van der Waals surface area (Å²) in [5.74, 6) is -1.57. The van der Waals surface area contributed by atoms with Crippen LogP contribution in [0.5, 0.6) is 0 Å². The number of carbonyl (C=O) groups excluding carboxylic acids is 3. The van der Waals surface area contributed by atoms with Crippen LogP contribution in [-0.2, 0) is 14.4 Å². The van der Waals surface area contributed by atoms with Crippen LogP contribution in [0.25, 0.3) is 0 Å². The highest BCUT2D eigenvalue weighted by atomic mass is 127. The number of rotatable bonds is 4. The van der Waals surface area contributed by atoms with Crippen LogP contribution in [0.15, 0.2) is 29.4 Å².